The Labute approximate surface area is 79.7 Å². The maximum Gasteiger partial charge on any atom is 0.0904 e. The van der Waals surface area contributed by atoms with Crippen molar-refractivity contribution in [3.05, 3.63) is 0 Å². The first-order valence-electron chi connectivity index (χ1n) is 5.19. The van der Waals surface area contributed by atoms with Crippen molar-refractivity contribution in [1.82, 2.24) is 4.90 Å². The van der Waals surface area contributed by atoms with E-state index >= 15 is 0 Å². The lowest BCUT2D eigenvalue weighted by molar-refractivity contribution is -0.0718. The fourth-order valence-corrected chi connectivity index (χ4v) is 2.16. The smallest absolute Gasteiger partial charge is 0.0904 e. The summed E-state index contributed by atoms with van der Waals surface area (Å²) in [5, 5.41) is 10.0. The van der Waals surface area contributed by atoms with Crippen LogP contribution in [0.4, 0.5) is 0 Å². The molecule has 0 spiro atoms. The van der Waals surface area contributed by atoms with E-state index < -0.39 is 5.60 Å². The van der Waals surface area contributed by atoms with E-state index in [1.165, 1.54) is 12.8 Å². The van der Waals surface area contributed by atoms with Crippen molar-refractivity contribution in [3.8, 4) is 0 Å². The van der Waals surface area contributed by atoms with Crippen LogP contribution in [0.25, 0.3) is 0 Å². The van der Waals surface area contributed by atoms with Gasteiger partial charge in [-0.3, -0.25) is 0 Å². The van der Waals surface area contributed by atoms with Gasteiger partial charge in [0.2, 0.25) is 0 Å². The molecule has 0 unspecified atom stereocenters. The van der Waals surface area contributed by atoms with E-state index in [4.69, 9.17) is 4.74 Å². The highest BCUT2D eigenvalue weighted by Gasteiger charge is 2.37. The number of nitrogens with zero attached hydrogens (tertiary/aromatic N) is 1. The number of methoxy groups -OCH3 is 1. The minimum Gasteiger partial charge on any atom is -0.387 e. The van der Waals surface area contributed by atoms with Crippen LogP contribution in [0, 0.1) is 0 Å². The van der Waals surface area contributed by atoms with E-state index in [0.29, 0.717) is 6.61 Å². The Morgan fingerprint density at radius 3 is 2.46 bits per heavy atom. The summed E-state index contributed by atoms with van der Waals surface area (Å²) in [6, 6.07) is 0.840. The molecule has 1 N–H and O–H groups in total. The molecule has 0 amide bonds. The fourth-order valence-electron chi connectivity index (χ4n) is 2.16. The largest absolute Gasteiger partial charge is 0.387 e. The zero-order valence-electron chi connectivity index (χ0n) is 8.33. The minimum atomic E-state index is -0.542. The summed E-state index contributed by atoms with van der Waals surface area (Å²) < 4.78 is 5.03. The van der Waals surface area contributed by atoms with Crippen LogP contribution in [0.15, 0.2) is 0 Å². The van der Waals surface area contributed by atoms with Gasteiger partial charge in [0.1, 0.15) is 0 Å². The number of aliphatic hydroxyl groups is 1. The lowest BCUT2D eigenvalue weighted by atomic mass is 9.92. The Hall–Kier alpha value is -0.120. The quantitative estimate of drug-likeness (QED) is 0.699. The fraction of sp³-hybridized carbons (Fsp3) is 1.00. The summed E-state index contributed by atoms with van der Waals surface area (Å²) in [7, 11) is 1.66. The predicted molar refractivity (Wildman–Crippen MR) is 50.7 cm³/mol. The molecule has 3 heteroatoms. The molecule has 0 radical (unpaired) electrons. The Morgan fingerprint density at radius 1 is 1.38 bits per heavy atom. The molecular formula is C10H19NO2. The molecule has 2 aliphatic rings. The van der Waals surface area contributed by atoms with Crippen molar-refractivity contribution >= 4 is 0 Å². The lowest BCUT2D eigenvalue weighted by Gasteiger charge is -2.37. The first-order chi connectivity index (χ1) is 6.23. The first-order valence-corrected chi connectivity index (χ1v) is 5.19. The van der Waals surface area contributed by atoms with Crippen molar-refractivity contribution in [2.24, 2.45) is 0 Å². The van der Waals surface area contributed by atoms with Crippen LogP contribution in [0.3, 0.4) is 0 Å². The van der Waals surface area contributed by atoms with Crippen molar-refractivity contribution < 1.29 is 9.84 Å². The van der Waals surface area contributed by atoms with Gasteiger partial charge in [0, 0.05) is 26.2 Å². The molecule has 0 aromatic rings. The van der Waals surface area contributed by atoms with Gasteiger partial charge in [-0.2, -0.15) is 0 Å². The van der Waals surface area contributed by atoms with E-state index in [1.54, 1.807) is 7.11 Å². The third-order valence-electron chi connectivity index (χ3n) is 3.21. The Kier molecular flexibility index (Phi) is 2.58. The standard InChI is InChI=1S/C10H19NO2/c1-13-8-10(12)4-6-11(7-5-10)9-2-3-9/h9,12H,2-8H2,1H3. The molecule has 0 atom stereocenters. The van der Waals surface area contributed by atoms with Gasteiger partial charge >= 0.3 is 0 Å². The number of hydrogen-bond acceptors (Lipinski definition) is 3. The normalized spacial score (nSPS) is 29.1. The van der Waals surface area contributed by atoms with Gasteiger partial charge < -0.3 is 14.7 Å². The van der Waals surface area contributed by atoms with Crippen molar-refractivity contribution in [1.29, 1.82) is 0 Å². The van der Waals surface area contributed by atoms with Gasteiger partial charge in [-0.1, -0.05) is 0 Å². The number of likely N-dealkylation sites (tertiary alicyclic amines) is 1. The molecule has 76 valence electrons. The minimum absolute atomic E-state index is 0.492. The molecule has 1 heterocycles. The van der Waals surface area contributed by atoms with Crippen LogP contribution in [0.2, 0.25) is 0 Å². The third kappa shape index (κ3) is 2.22. The van der Waals surface area contributed by atoms with Gasteiger partial charge in [0.05, 0.1) is 12.2 Å². The van der Waals surface area contributed by atoms with Crippen molar-refractivity contribution in [3.63, 3.8) is 0 Å². The second kappa shape index (κ2) is 3.56. The molecule has 3 nitrogen and oxygen atoms in total. The predicted octanol–water partition coefficient (Wildman–Crippen LogP) is 0.622. The Balaban J connectivity index is 1.80. The summed E-state index contributed by atoms with van der Waals surface area (Å²) >= 11 is 0. The lowest BCUT2D eigenvalue weighted by Crippen LogP contribution is -2.47. The van der Waals surface area contributed by atoms with Crippen LogP contribution >= 0.6 is 0 Å². The summed E-state index contributed by atoms with van der Waals surface area (Å²) in [6.07, 6.45) is 4.47. The van der Waals surface area contributed by atoms with E-state index in [9.17, 15) is 5.11 Å². The van der Waals surface area contributed by atoms with Crippen LogP contribution in [0.5, 0.6) is 0 Å². The molecule has 1 saturated carbocycles. The zero-order chi connectivity index (χ0) is 9.31. The number of rotatable bonds is 3. The van der Waals surface area contributed by atoms with Crippen LogP contribution in [-0.2, 0) is 4.74 Å². The topological polar surface area (TPSA) is 32.7 Å². The van der Waals surface area contributed by atoms with E-state index in [2.05, 4.69) is 4.90 Å². The van der Waals surface area contributed by atoms with E-state index in [-0.39, 0.29) is 0 Å². The highest BCUT2D eigenvalue weighted by Crippen LogP contribution is 2.32. The SMILES string of the molecule is COCC1(O)CCN(C2CC2)CC1. The molecule has 1 aliphatic heterocycles. The zero-order valence-corrected chi connectivity index (χ0v) is 8.33. The Morgan fingerprint density at radius 2 is 2.00 bits per heavy atom. The molecule has 0 aromatic heterocycles. The third-order valence-corrected chi connectivity index (χ3v) is 3.21. The molecule has 13 heavy (non-hydrogen) atoms. The monoisotopic (exact) mass is 185 g/mol. The maximum absolute atomic E-state index is 10.0. The first kappa shape index (κ1) is 9.44. The maximum atomic E-state index is 10.0. The second-order valence-electron chi connectivity index (χ2n) is 4.42. The number of ether oxygens (including phenoxy) is 1. The molecule has 0 bridgehead atoms. The van der Waals surface area contributed by atoms with Gasteiger partial charge in [-0.15, -0.1) is 0 Å². The second-order valence-corrected chi connectivity index (χ2v) is 4.42. The summed E-state index contributed by atoms with van der Waals surface area (Å²) in [5.41, 5.74) is -0.542. The molecular weight excluding hydrogens is 166 g/mol. The van der Waals surface area contributed by atoms with Gasteiger partial charge in [0.15, 0.2) is 0 Å². The van der Waals surface area contributed by atoms with Crippen LogP contribution in [-0.4, -0.2) is 48.5 Å². The van der Waals surface area contributed by atoms with Gasteiger partial charge in [-0.05, 0) is 25.7 Å². The van der Waals surface area contributed by atoms with E-state index in [0.717, 1.165) is 32.0 Å². The highest BCUT2D eigenvalue weighted by atomic mass is 16.5. The summed E-state index contributed by atoms with van der Waals surface area (Å²) in [6.45, 7) is 2.58. The highest BCUT2D eigenvalue weighted by molar-refractivity contribution is 4.92. The number of hydrogen-bond donors (Lipinski definition) is 1. The van der Waals surface area contributed by atoms with Gasteiger partial charge in [0.25, 0.3) is 0 Å². The van der Waals surface area contributed by atoms with Crippen molar-refractivity contribution in [2.75, 3.05) is 26.8 Å². The van der Waals surface area contributed by atoms with E-state index in [1.807, 2.05) is 0 Å². The molecule has 1 saturated heterocycles. The molecule has 0 aromatic carbocycles. The average Bonchev–Trinajstić information content (AvgIpc) is 2.89. The molecule has 2 fully saturated rings. The van der Waals surface area contributed by atoms with Crippen molar-refractivity contribution in [2.45, 2.75) is 37.3 Å². The van der Waals surface area contributed by atoms with Gasteiger partial charge in [-0.25, -0.2) is 0 Å². The summed E-state index contributed by atoms with van der Waals surface area (Å²) in [4.78, 5) is 2.50. The molecule has 2 rings (SSSR count). The molecule has 1 aliphatic carbocycles. The average molecular weight is 185 g/mol. The number of piperidine rings is 1. The summed E-state index contributed by atoms with van der Waals surface area (Å²) in [5.74, 6) is 0. The Bertz CT molecular complexity index is 172. The van der Waals surface area contributed by atoms with Crippen LogP contribution in [0.1, 0.15) is 25.7 Å². The van der Waals surface area contributed by atoms with Crippen LogP contribution < -0.4 is 0 Å².